The molecule has 2 rings (SSSR count). The number of hydrogen-bond donors (Lipinski definition) is 6. The highest BCUT2D eigenvalue weighted by Crippen LogP contribution is 2.10. The van der Waals surface area contributed by atoms with Gasteiger partial charge < -0.3 is 31.9 Å². The fourth-order valence-electron chi connectivity index (χ4n) is 3.97. The number of hydrogen-bond acceptors (Lipinski definition) is 6. The van der Waals surface area contributed by atoms with Crippen LogP contribution in [0.3, 0.4) is 0 Å². The number of carboxylic acids is 2. The summed E-state index contributed by atoms with van der Waals surface area (Å²) in [5, 5.41) is 26.2. The number of carbonyl (C=O) groups is 5. The van der Waals surface area contributed by atoms with Crippen LogP contribution in [0.5, 0.6) is 0 Å². The molecular formula is C29H38N4O7. The van der Waals surface area contributed by atoms with Crippen molar-refractivity contribution in [2.75, 3.05) is 0 Å². The topological polar surface area (TPSA) is 188 Å². The van der Waals surface area contributed by atoms with Crippen molar-refractivity contribution in [3.8, 4) is 0 Å². The molecule has 0 saturated heterocycles. The van der Waals surface area contributed by atoms with Gasteiger partial charge in [-0.1, -0.05) is 80.9 Å². The number of benzene rings is 2. The van der Waals surface area contributed by atoms with E-state index >= 15 is 0 Å². The zero-order valence-corrected chi connectivity index (χ0v) is 22.7. The Morgan fingerprint density at radius 3 is 1.55 bits per heavy atom. The monoisotopic (exact) mass is 554 g/mol. The Bertz CT molecular complexity index is 1140. The molecule has 0 aliphatic heterocycles. The summed E-state index contributed by atoms with van der Waals surface area (Å²) >= 11 is 0. The van der Waals surface area contributed by atoms with Crippen LogP contribution in [0.2, 0.25) is 0 Å². The minimum atomic E-state index is -1.47. The van der Waals surface area contributed by atoms with Crippen molar-refractivity contribution in [2.24, 2.45) is 11.7 Å². The summed E-state index contributed by atoms with van der Waals surface area (Å²) in [6.45, 7) is 3.74. The lowest BCUT2D eigenvalue weighted by atomic mass is 9.98. The fourth-order valence-corrected chi connectivity index (χ4v) is 3.97. The number of nitrogens with two attached hydrogens (primary N) is 1. The highest BCUT2D eigenvalue weighted by molar-refractivity contribution is 5.94. The van der Waals surface area contributed by atoms with Crippen molar-refractivity contribution >= 4 is 29.7 Å². The van der Waals surface area contributed by atoms with Gasteiger partial charge in [0.15, 0.2) is 0 Å². The maximum atomic E-state index is 13.5. The molecule has 2 aromatic carbocycles. The Hall–Kier alpha value is -4.25. The van der Waals surface area contributed by atoms with Crippen molar-refractivity contribution in [3.05, 3.63) is 71.8 Å². The van der Waals surface area contributed by atoms with Crippen LogP contribution >= 0.6 is 0 Å². The van der Waals surface area contributed by atoms with Gasteiger partial charge in [0.2, 0.25) is 17.7 Å². The average molecular weight is 555 g/mol. The normalized spacial score (nSPS) is 14.6. The Labute approximate surface area is 233 Å². The second kappa shape index (κ2) is 16.0. The van der Waals surface area contributed by atoms with Gasteiger partial charge in [0.1, 0.15) is 18.1 Å². The second-order valence-electron chi connectivity index (χ2n) is 9.74. The molecule has 216 valence electrons. The first kappa shape index (κ1) is 32.0. The highest BCUT2D eigenvalue weighted by Gasteiger charge is 2.31. The van der Waals surface area contributed by atoms with E-state index in [-0.39, 0.29) is 25.2 Å². The fraction of sp³-hybridized carbons (Fsp3) is 0.414. The van der Waals surface area contributed by atoms with Crippen LogP contribution in [0.4, 0.5) is 0 Å². The Morgan fingerprint density at radius 1 is 0.725 bits per heavy atom. The van der Waals surface area contributed by atoms with E-state index < -0.39 is 60.2 Å². The molecule has 0 aliphatic rings. The zero-order valence-electron chi connectivity index (χ0n) is 22.7. The van der Waals surface area contributed by atoms with Crippen LogP contribution < -0.4 is 21.7 Å². The van der Waals surface area contributed by atoms with Crippen molar-refractivity contribution in [1.29, 1.82) is 0 Å². The summed E-state index contributed by atoms with van der Waals surface area (Å²) < 4.78 is 0. The molecule has 0 aromatic heterocycles. The first-order valence-corrected chi connectivity index (χ1v) is 13.2. The van der Waals surface area contributed by atoms with E-state index in [2.05, 4.69) is 16.0 Å². The highest BCUT2D eigenvalue weighted by atomic mass is 16.4. The van der Waals surface area contributed by atoms with E-state index in [1.165, 1.54) is 0 Å². The summed E-state index contributed by atoms with van der Waals surface area (Å²) in [6.07, 6.45) is 0.0248. The van der Waals surface area contributed by atoms with Gasteiger partial charge >= 0.3 is 11.9 Å². The molecule has 0 saturated carbocycles. The third kappa shape index (κ3) is 10.5. The summed E-state index contributed by atoms with van der Waals surface area (Å²) in [5.41, 5.74) is 7.56. The smallest absolute Gasteiger partial charge is 0.326 e. The van der Waals surface area contributed by atoms with Gasteiger partial charge in [0, 0.05) is 19.3 Å². The summed E-state index contributed by atoms with van der Waals surface area (Å²) in [4.78, 5) is 62.3. The van der Waals surface area contributed by atoms with E-state index in [0.29, 0.717) is 12.0 Å². The van der Waals surface area contributed by atoms with E-state index in [9.17, 15) is 29.1 Å². The number of rotatable bonds is 16. The molecule has 2 aromatic rings. The van der Waals surface area contributed by atoms with Crippen LogP contribution in [-0.2, 0) is 36.8 Å². The summed E-state index contributed by atoms with van der Waals surface area (Å²) in [6, 6.07) is 13.2. The van der Waals surface area contributed by atoms with Crippen LogP contribution in [0.1, 0.15) is 44.2 Å². The molecule has 0 spiro atoms. The molecule has 40 heavy (non-hydrogen) atoms. The molecule has 0 fully saturated rings. The predicted octanol–water partition coefficient (Wildman–Crippen LogP) is 1.25. The number of carbonyl (C=O) groups excluding carboxylic acids is 3. The second-order valence-corrected chi connectivity index (χ2v) is 9.74. The van der Waals surface area contributed by atoms with E-state index in [4.69, 9.17) is 10.8 Å². The zero-order chi connectivity index (χ0) is 29.7. The summed E-state index contributed by atoms with van der Waals surface area (Å²) in [7, 11) is 0. The lowest BCUT2D eigenvalue weighted by Gasteiger charge is -2.26. The first-order valence-electron chi connectivity index (χ1n) is 13.2. The number of amides is 3. The van der Waals surface area contributed by atoms with Gasteiger partial charge in [0.05, 0.1) is 6.04 Å². The largest absolute Gasteiger partial charge is 0.481 e. The van der Waals surface area contributed by atoms with Crippen molar-refractivity contribution in [1.82, 2.24) is 16.0 Å². The Kier molecular flexibility index (Phi) is 12.8. The standard InChI is InChI=1S/C29H38N4O7/c1-3-18(2)25(30)28(38)33-23(17-20-12-8-5-9-13-20)27(37)32-22(16-19-10-6-4-7-11-19)26(36)31-21(29(39)40)14-15-24(34)35/h4-13,18,21-23,25H,3,14-17,30H2,1-2H3,(H,31,36)(H,32,37)(H,33,38)(H,34,35)(H,39,40). The Morgan fingerprint density at radius 2 is 1.15 bits per heavy atom. The number of aliphatic carboxylic acids is 2. The van der Waals surface area contributed by atoms with E-state index in [0.717, 1.165) is 5.56 Å². The summed E-state index contributed by atoms with van der Waals surface area (Å²) in [5.74, 6) is -4.68. The van der Waals surface area contributed by atoms with Crippen molar-refractivity contribution in [2.45, 2.75) is 70.1 Å². The van der Waals surface area contributed by atoms with Gasteiger partial charge in [0.25, 0.3) is 0 Å². The molecule has 0 aliphatic carbocycles. The predicted molar refractivity (Wildman–Crippen MR) is 148 cm³/mol. The molecule has 0 heterocycles. The molecule has 11 heteroatoms. The molecule has 7 N–H and O–H groups in total. The van der Waals surface area contributed by atoms with E-state index in [1.807, 2.05) is 19.9 Å². The molecule has 5 unspecified atom stereocenters. The van der Waals surface area contributed by atoms with Crippen LogP contribution in [-0.4, -0.2) is 64.0 Å². The van der Waals surface area contributed by atoms with Gasteiger partial charge in [-0.2, -0.15) is 0 Å². The Balaban J connectivity index is 2.30. The van der Waals surface area contributed by atoms with Gasteiger partial charge in [-0.15, -0.1) is 0 Å². The maximum absolute atomic E-state index is 13.5. The third-order valence-electron chi connectivity index (χ3n) is 6.65. The van der Waals surface area contributed by atoms with E-state index in [1.54, 1.807) is 54.6 Å². The number of nitrogens with one attached hydrogen (secondary N) is 3. The average Bonchev–Trinajstić information content (AvgIpc) is 2.94. The lowest BCUT2D eigenvalue weighted by molar-refractivity contribution is -0.143. The quantitative estimate of drug-likeness (QED) is 0.179. The third-order valence-corrected chi connectivity index (χ3v) is 6.65. The molecule has 5 atom stereocenters. The molecule has 3 amide bonds. The minimum absolute atomic E-state index is 0.0298. The number of carboxylic acid groups (broad SMARTS) is 2. The minimum Gasteiger partial charge on any atom is -0.481 e. The molecular weight excluding hydrogens is 516 g/mol. The van der Waals surface area contributed by atoms with Crippen molar-refractivity contribution < 1.29 is 34.2 Å². The molecule has 11 nitrogen and oxygen atoms in total. The molecule has 0 bridgehead atoms. The lowest BCUT2D eigenvalue weighted by Crippen LogP contribution is -2.58. The van der Waals surface area contributed by atoms with Crippen molar-refractivity contribution in [3.63, 3.8) is 0 Å². The molecule has 0 radical (unpaired) electrons. The van der Waals surface area contributed by atoms with Crippen LogP contribution in [0.15, 0.2) is 60.7 Å². The first-order chi connectivity index (χ1) is 19.0. The van der Waals surface area contributed by atoms with Gasteiger partial charge in [-0.25, -0.2) is 4.79 Å². The van der Waals surface area contributed by atoms with Crippen LogP contribution in [0, 0.1) is 5.92 Å². The maximum Gasteiger partial charge on any atom is 0.326 e. The van der Waals surface area contributed by atoms with Gasteiger partial charge in [-0.05, 0) is 23.5 Å². The SMILES string of the molecule is CCC(C)C(N)C(=O)NC(Cc1ccccc1)C(=O)NC(Cc1ccccc1)C(=O)NC(CCC(=O)O)C(=O)O. The van der Waals surface area contributed by atoms with Crippen LogP contribution in [0.25, 0.3) is 0 Å². The van der Waals surface area contributed by atoms with Gasteiger partial charge in [-0.3, -0.25) is 19.2 Å².